The Morgan fingerprint density at radius 2 is 2.12 bits per heavy atom. The van der Waals surface area contributed by atoms with E-state index in [9.17, 15) is 13.2 Å². The number of hydrogen-bond acceptors (Lipinski definition) is 1. The third-order valence-corrected chi connectivity index (χ3v) is 1.94. The van der Waals surface area contributed by atoms with Crippen LogP contribution in [0.5, 0.6) is 5.75 Å². The van der Waals surface area contributed by atoms with Gasteiger partial charge in [-0.25, -0.2) is 13.2 Å². The maximum absolute atomic E-state index is 13.2. The van der Waals surface area contributed by atoms with E-state index in [1.807, 2.05) is 0 Å². The van der Waals surface area contributed by atoms with Crippen LogP contribution in [0.2, 0.25) is 0 Å². The predicted molar refractivity (Wildman–Crippen MR) is 60.1 cm³/mol. The Labute approximate surface area is 103 Å². The third-order valence-electron chi connectivity index (χ3n) is 1.75. The van der Waals surface area contributed by atoms with Crippen LogP contribution >= 0.6 is 11.6 Å². The molecule has 0 aliphatic rings. The fourth-order valence-electron chi connectivity index (χ4n) is 1.06. The minimum atomic E-state index is -2.64. The monoisotopic (exact) mass is 262 g/mol. The molecule has 0 saturated heterocycles. The molecular formula is C12H10ClF3O. The minimum Gasteiger partial charge on any atom is -0.485 e. The van der Waals surface area contributed by atoms with E-state index in [0.29, 0.717) is 17.9 Å². The summed E-state index contributed by atoms with van der Waals surface area (Å²) in [6.07, 6.45) is -2.13. The van der Waals surface area contributed by atoms with E-state index in [0.717, 1.165) is 6.07 Å². The van der Waals surface area contributed by atoms with Crippen molar-refractivity contribution in [3.8, 4) is 17.6 Å². The van der Waals surface area contributed by atoms with Crippen LogP contribution in [0.25, 0.3) is 0 Å². The first-order chi connectivity index (χ1) is 8.13. The maximum atomic E-state index is 13.2. The van der Waals surface area contributed by atoms with Gasteiger partial charge in [0, 0.05) is 17.9 Å². The molecule has 0 N–H and O–H groups in total. The third kappa shape index (κ3) is 5.01. The van der Waals surface area contributed by atoms with Gasteiger partial charge in [0.05, 0.1) is 0 Å². The number of ether oxygens (including phenoxy) is 1. The number of alkyl halides is 3. The van der Waals surface area contributed by atoms with Gasteiger partial charge in [0.15, 0.2) is 11.6 Å². The molecule has 0 amide bonds. The molecule has 0 spiro atoms. The van der Waals surface area contributed by atoms with Crippen molar-refractivity contribution in [3.05, 3.63) is 29.6 Å². The summed E-state index contributed by atoms with van der Waals surface area (Å²) >= 11 is 5.44. The minimum absolute atomic E-state index is 0.219. The second kappa shape index (κ2) is 7.08. The summed E-state index contributed by atoms with van der Waals surface area (Å²) in [6.45, 7) is -0.838. The zero-order chi connectivity index (χ0) is 12.7. The molecule has 0 fully saturated rings. The Bertz CT molecular complexity index is 423. The molecule has 1 nitrogen and oxygen atoms in total. The molecule has 1 aromatic carbocycles. The zero-order valence-electron chi connectivity index (χ0n) is 8.85. The molecule has 0 aliphatic heterocycles. The van der Waals surface area contributed by atoms with Crippen molar-refractivity contribution in [1.82, 2.24) is 0 Å². The van der Waals surface area contributed by atoms with Crippen LogP contribution in [-0.2, 0) is 0 Å². The van der Waals surface area contributed by atoms with E-state index in [4.69, 9.17) is 11.6 Å². The molecule has 0 saturated carbocycles. The Morgan fingerprint density at radius 1 is 1.35 bits per heavy atom. The molecule has 0 aromatic heterocycles. The van der Waals surface area contributed by atoms with Gasteiger partial charge in [-0.05, 0) is 18.2 Å². The van der Waals surface area contributed by atoms with Crippen molar-refractivity contribution in [2.75, 3.05) is 12.5 Å². The Hall–Kier alpha value is -1.34. The highest BCUT2D eigenvalue weighted by atomic mass is 35.5. The van der Waals surface area contributed by atoms with Gasteiger partial charge in [0.1, 0.15) is 6.61 Å². The lowest BCUT2D eigenvalue weighted by molar-refractivity contribution is 0.0799. The Balaban J connectivity index is 2.76. The highest BCUT2D eigenvalue weighted by Crippen LogP contribution is 2.19. The standard InChI is InChI=1S/C12H10ClF3O/c13-6-2-1-3-9-4-5-10(14)11(7-9)17-8-12(15)16/h4-5,7,12H,2,6,8H2. The normalized spacial score (nSPS) is 9.94. The van der Waals surface area contributed by atoms with Crippen molar-refractivity contribution >= 4 is 11.6 Å². The highest BCUT2D eigenvalue weighted by molar-refractivity contribution is 6.18. The number of benzene rings is 1. The molecule has 0 heterocycles. The lowest BCUT2D eigenvalue weighted by atomic mass is 10.2. The summed E-state index contributed by atoms with van der Waals surface area (Å²) in [7, 11) is 0. The van der Waals surface area contributed by atoms with E-state index in [2.05, 4.69) is 16.6 Å². The van der Waals surface area contributed by atoms with Gasteiger partial charge in [0.2, 0.25) is 0 Å². The van der Waals surface area contributed by atoms with Crippen molar-refractivity contribution in [2.24, 2.45) is 0 Å². The average Bonchev–Trinajstić information content (AvgIpc) is 2.29. The van der Waals surface area contributed by atoms with E-state index < -0.39 is 18.8 Å². The molecule has 1 rings (SSSR count). The fourth-order valence-corrected chi connectivity index (χ4v) is 1.15. The summed E-state index contributed by atoms with van der Waals surface area (Å²) in [5.74, 6) is 4.99. The lowest BCUT2D eigenvalue weighted by Gasteiger charge is -2.06. The smallest absolute Gasteiger partial charge is 0.272 e. The molecule has 17 heavy (non-hydrogen) atoms. The lowest BCUT2D eigenvalue weighted by Crippen LogP contribution is -2.08. The van der Waals surface area contributed by atoms with Gasteiger partial charge in [-0.3, -0.25) is 0 Å². The van der Waals surface area contributed by atoms with Crippen LogP contribution in [0.4, 0.5) is 13.2 Å². The van der Waals surface area contributed by atoms with Gasteiger partial charge in [0.25, 0.3) is 6.43 Å². The van der Waals surface area contributed by atoms with Crippen molar-refractivity contribution in [2.45, 2.75) is 12.8 Å². The van der Waals surface area contributed by atoms with E-state index in [1.165, 1.54) is 12.1 Å². The molecule has 0 unspecified atom stereocenters. The Morgan fingerprint density at radius 3 is 2.76 bits per heavy atom. The Kier molecular flexibility index (Phi) is 5.71. The molecule has 0 atom stereocenters. The number of rotatable bonds is 4. The molecule has 0 bridgehead atoms. The quantitative estimate of drug-likeness (QED) is 0.597. The van der Waals surface area contributed by atoms with Crippen LogP contribution in [-0.4, -0.2) is 18.9 Å². The second-order valence-corrected chi connectivity index (χ2v) is 3.47. The van der Waals surface area contributed by atoms with Crippen molar-refractivity contribution < 1.29 is 17.9 Å². The first kappa shape index (κ1) is 13.7. The van der Waals surface area contributed by atoms with Crippen LogP contribution in [0, 0.1) is 17.7 Å². The van der Waals surface area contributed by atoms with Crippen molar-refractivity contribution in [3.63, 3.8) is 0 Å². The van der Waals surface area contributed by atoms with Gasteiger partial charge in [-0.1, -0.05) is 11.8 Å². The zero-order valence-corrected chi connectivity index (χ0v) is 9.61. The van der Waals surface area contributed by atoms with Crippen LogP contribution in [0.15, 0.2) is 18.2 Å². The summed E-state index contributed by atoms with van der Waals surface area (Å²) < 4.78 is 41.6. The summed E-state index contributed by atoms with van der Waals surface area (Å²) in [5, 5.41) is 0. The molecule has 5 heteroatoms. The summed E-state index contributed by atoms with van der Waals surface area (Å²) in [4.78, 5) is 0. The van der Waals surface area contributed by atoms with Gasteiger partial charge in [-0.15, -0.1) is 11.6 Å². The summed E-state index contributed by atoms with van der Waals surface area (Å²) in [6, 6.07) is 3.87. The van der Waals surface area contributed by atoms with Crippen LogP contribution in [0.1, 0.15) is 12.0 Å². The van der Waals surface area contributed by atoms with E-state index in [-0.39, 0.29) is 5.75 Å². The first-order valence-electron chi connectivity index (χ1n) is 4.89. The topological polar surface area (TPSA) is 9.23 Å². The molecule has 0 radical (unpaired) electrons. The molecule has 0 aliphatic carbocycles. The van der Waals surface area contributed by atoms with Crippen molar-refractivity contribution in [1.29, 1.82) is 0 Å². The average molecular weight is 263 g/mol. The number of hydrogen-bond donors (Lipinski definition) is 0. The largest absolute Gasteiger partial charge is 0.485 e. The highest BCUT2D eigenvalue weighted by Gasteiger charge is 2.08. The van der Waals surface area contributed by atoms with E-state index in [1.54, 1.807) is 0 Å². The molecule has 1 aromatic rings. The van der Waals surface area contributed by atoms with Gasteiger partial charge in [-0.2, -0.15) is 0 Å². The summed E-state index contributed by atoms with van der Waals surface area (Å²) in [5.41, 5.74) is 0.501. The van der Waals surface area contributed by atoms with Crippen LogP contribution in [0.3, 0.4) is 0 Å². The van der Waals surface area contributed by atoms with Gasteiger partial charge >= 0.3 is 0 Å². The first-order valence-corrected chi connectivity index (χ1v) is 5.42. The van der Waals surface area contributed by atoms with Crippen LogP contribution < -0.4 is 4.74 Å². The fraction of sp³-hybridized carbons (Fsp3) is 0.333. The van der Waals surface area contributed by atoms with E-state index >= 15 is 0 Å². The molecular weight excluding hydrogens is 253 g/mol. The molecule has 92 valence electrons. The second-order valence-electron chi connectivity index (χ2n) is 3.09. The predicted octanol–water partition coefficient (Wildman–Crippen LogP) is 3.45. The SMILES string of the molecule is Fc1ccc(C#CCCCl)cc1OCC(F)F. The number of halogens is 4. The maximum Gasteiger partial charge on any atom is 0.272 e. The van der Waals surface area contributed by atoms with Gasteiger partial charge < -0.3 is 4.74 Å².